The van der Waals surface area contributed by atoms with Crippen LogP contribution in [0.25, 0.3) is 0 Å². The number of rotatable bonds is 4. The summed E-state index contributed by atoms with van der Waals surface area (Å²) in [5, 5.41) is 35.4. The highest BCUT2D eigenvalue weighted by Gasteiger charge is 2.29. The monoisotopic (exact) mass is 462 g/mol. The standard InChI is InChI=1S/C25H26N4O3S/c1-25(2,31)16-9-15(13-26)10-17(11-16)33(28,32)29-24(30)12-22-18-5-3-7-20(18)23(14-27)21-8-4-6-19(21)22/h9-11,31H,3-8,12H2,1-2H3,(H2,28,29,30,32). The molecule has 0 saturated carbocycles. The van der Waals surface area contributed by atoms with E-state index in [0.717, 1.165) is 71.9 Å². The van der Waals surface area contributed by atoms with Crippen LogP contribution in [0, 0.1) is 22.7 Å². The number of nitriles is 2. The van der Waals surface area contributed by atoms with E-state index in [4.69, 9.17) is 5.14 Å². The lowest BCUT2D eigenvalue weighted by atomic mass is 9.88. The van der Waals surface area contributed by atoms with E-state index < -0.39 is 21.4 Å². The molecular weight excluding hydrogens is 436 g/mol. The number of nitrogens with two attached hydrogens (primary N) is 1. The molecule has 2 aromatic carbocycles. The molecule has 0 bridgehead atoms. The minimum Gasteiger partial charge on any atom is -0.386 e. The van der Waals surface area contributed by atoms with Crippen molar-refractivity contribution in [1.29, 1.82) is 10.5 Å². The van der Waals surface area contributed by atoms with Crippen LogP contribution in [0.4, 0.5) is 0 Å². The number of fused-ring (bicyclic) bond motifs is 2. The highest BCUT2D eigenvalue weighted by molar-refractivity contribution is 7.91. The fourth-order valence-corrected chi connectivity index (χ4v) is 6.06. The van der Waals surface area contributed by atoms with Crippen LogP contribution < -0.4 is 5.14 Å². The minimum atomic E-state index is -3.63. The second-order valence-electron chi connectivity index (χ2n) is 9.23. The number of carbonyl (C=O) groups excluding carboxylic acids is 1. The molecule has 170 valence electrons. The van der Waals surface area contributed by atoms with Crippen molar-refractivity contribution in [2.75, 3.05) is 0 Å². The summed E-state index contributed by atoms with van der Waals surface area (Å²) in [7, 11) is -3.63. The molecule has 0 heterocycles. The Labute approximate surface area is 194 Å². The largest absolute Gasteiger partial charge is 0.386 e. The Bertz CT molecular complexity index is 1350. The number of nitrogens with zero attached hydrogens (tertiary/aromatic N) is 3. The number of benzene rings is 2. The average molecular weight is 463 g/mol. The first kappa shape index (κ1) is 23.1. The van der Waals surface area contributed by atoms with Crippen LogP contribution in [0.15, 0.2) is 27.5 Å². The fourth-order valence-electron chi connectivity index (χ4n) is 4.99. The molecule has 1 unspecified atom stereocenters. The Kier molecular flexibility index (Phi) is 5.88. The van der Waals surface area contributed by atoms with Crippen LogP contribution in [0.3, 0.4) is 0 Å². The van der Waals surface area contributed by atoms with E-state index in [-0.39, 0.29) is 16.9 Å². The van der Waals surface area contributed by atoms with Crippen LogP contribution in [0.5, 0.6) is 0 Å². The van der Waals surface area contributed by atoms with Gasteiger partial charge < -0.3 is 5.11 Å². The smallest absolute Gasteiger partial charge is 0.259 e. The average Bonchev–Trinajstić information content (AvgIpc) is 3.42. The third-order valence-corrected chi connectivity index (χ3v) is 7.91. The summed E-state index contributed by atoms with van der Waals surface area (Å²) in [4.78, 5) is 13.0. The van der Waals surface area contributed by atoms with E-state index in [1.54, 1.807) is 13.8 Å². The maximum atomic E-state index is 13.3. The first-order valence-corrected chi connectivity index (χ1v) is 12.6. The zero-order valence-corrected chi connectivity index (χ0v) is 19.6. The molecule has 0 spiro atoms. The van der Waals surface area contributed by atoms with Crippen molar-refractivity contribution in [3.8, 4) is 12.1 Å². The van der Waals surface area contributed by atoms with Crippen LogP contribution in [-0.2, 0) is 52.4 Å². The summed E-state index contributed by atoms with van der Waals surface area (Å²) in [6.07, 6.45) is 5.17. The molecule has 4 rings (SSSR count). The van der Waals surface area contributed by atoms with Gasteiger partial charge in [-0.15, -0.1) is 4.36 Å². The van der Waals surface area contributed by atoms with Gasteiger partial charge in [0.15, 0.2) is 0 Å². The molecule has 1 amide bonds. The third kappa shape index (κ3) is 4.30. The Hall–Kier alpha value is -3.04. The van der Waals surface area contributed by atoms with Gasteiger partial charge in [-0.25, -0.2) is 9.35 Å². The minimum absolute atomic E-state index is 0.0130. The maximum absolute atomic E-state index is 13.3. The molecule has 1 atom stereocenters. The Balaban J connectivity index is 1.75. The van der Waals surface area contributed by atoms with Gasteiger partial charge in [0.25, 0.3) is 5.91 Å². The van der Waals surface area contributed by atoms with Gasteiger partial charge in [0.1, 0.15) is 9.92 Å². The van der Waals surface area contributed by atoms with Gasteiger partial charge in [-0.2, -0.15) is 10.5 Å². The van der Waals surface area contributed by atoms with Crippen molar-refractivity contribution in [1.82, 2.24) is 0 Å². The van der Waals surface area contributed by atoms with E-state index in [1.165, 1.54) is 18.2 Å². The summed E-state index contributed by atoms with van der Waals surface area (Å²) in [6.45, 7) is 3.08. The second-order valence-corrected chi connectivity index (χ2v) is 11.0. The molecule has 2 aliphatic rings. The van der Waals surface area contributed by atoms with Crippen LogP contribution in [0.1, 0.15) is 71.2 Å². The van der Waals surface area contributed by atoms with Crippen molar-refractivity contribution >= 4 is 15.8 Å². The molecule has 0 aliphatic heterocycles. The van der Waals surface area contributed by atoms with Crippen LogP contribution in [0.2, 0.25) is 0 Å². The molecule has 7 nitrogen and oxygen atoms in total. The summed E-state index contributed by atoms with van der Waals surface area (Å²) in [5.74, 6) is -0.595. The summed E-state index contributed by atoms with van der Waals surface area (Å²) < 4.78 is 17.1. The zero-order chi connectivity index (χ0) is 24.0. The van der Waals surface area contributed by atoms with Gasteiger partial charge in [0.05, 0.1) is 40.2 Å². The molecule has 0 radical (unpaired) electrons. The molecule has 3 N–H and O–H groups in total. The molecule has 0 fully saturated rings. The third-order valence-electron chi connectivity index (χ3n) is 6.52. The van der Waals surface area contributed by atoms with E-state index in [1.807, 2.05) is 6.07 Å². The topological polar surface area (TPSA) is 140 Å². The molecule has 2 aromatic rings. The number of carbonyl (C=O) groups is 1. The zero-order valence-electron chi connectivity index (χ0n) is 18.8. The Morgan fingerprint density at radius 2 is 1.64 bits per heavy atom. The van der Waals surface area contributed by atoms with Gasteiger partial charge >= 0.3 is 0 Å². The molecule has 2 aliphatic carbocycles. The van der Waals surface area contributed by atoms with Gasteiger partial charge in [-0.3, -0.25) is 4.79 Å². The van der Waals surface area contributed by atoms with Gasteiger partial charge in [-0.05, 0) is 104 Å². The van der Waals surface area contributed by atoms with Crippen molar-refractivity contribution in [2.24, 2.45) is 9.50 Å². The predicted octanol–water partition coefficient (Wildman–Crippen LogP) is 3.10. The SMILES string of the molecule is CC(C)(O)c1cc(C#N)cc(S(N)(=O)=NC(=O)Cc2c3c(c(C#N)c4c2CCC4)CCC3)c1. The summed E-state index contributed by atoms with van der Waals surface area (Å²) >= 11 is 0. The lowest BCUT2D eigenvalue weighted by Gasteiger charge is -2.19. The number of amides is 1. The summed E-state index contributed by atoms with van der Waals surface area (Å²) in [6, 6.07) is 8.60. The van der Waals surface area contributed by atoms with E-state index in [2.05, 4.69) is 10.4 Å². The predicted molar refractivity (Wildman–Crippen MR) is 123 cm³/mol. The van der Waals surface area contributed by atoms with Gasteiger partial charge in [0.2, 0.25) is 0 Å². The Morgan fingerprint density at radius 1 is 1.06 bits per heavy atom. The normalized spacial score (nSPS) is 16.3. The Morgan fingerprint density at radius 3 is 2.15 bits per heavy atom. The van der Waals surface area contributed by atoms with Crippen molar-refractivity contribution < 1.29 is 14.1 Å². The molecule has 8 heteroatoms. The molecular formula is C25H26N4O3S. The van der Waals surface area contributed by atoms with Crippen LogP contribution in [-0.4, -0.2) is 15.2 Å². The number of aliphatic hydroxyl groups is 1. The quantitative estimate of drug-likeness (QED) is 0.718. The van der Waals surface area contributed by atoms with E-state index in [9.17, 15) is 24.6 Å². The lowest BCUT2D eigenvalue weighted by Crippen LogP contribution is -2.20. The second kappa shape index (κ2) is 8.39. The van der Waals surface area contributed by atoms with Crippen molar-refractivity contribution in [3.63, 3.8) is 0 Å². The van der Waals surface area contributed by atoms with Crippen molar-refractivity contribution in [2.45, 2.75) is 69.3 Å². The highest BCUT2D eigenvalue weighted by Crippen LogP contribution is 2.39. The maximum Gasteiger partial charge on any atom is 0.259 e. The van der Waals surface area contributed by atoms with Gasteiger partial charge in [-0.1, -0.05) is 0 Å². The fraction of sp³-hybridized carbons (Fsp3) is 0.400. The van der Waals surface area contributed by atoms with Gasteiger partial charge in [0, 0.05) is 0 Å². The molecule has 0 aromatic heterocycles. The number of hydrogen-bond donors (Lipinski definition) is 2. The summed E-state index contributed by atoms with van der Waals surface area (Å²) in [5.41, 5.74) is 5.17. The molecule has 33 heavy (non-hydrogen) atoms. The molecule has 0 saturated heterocycles. The highest BCUT2D eigenvalue weighted by atomic mass is 32.2. The van der Waals surface area contributed by atoms with Crippen LogP contribution >= 0.6 is 0 Å². The first-order chi connectivity index (χ1) is 15.5. The van der Waals surface area contributed by atoms with Crippen molar-refractivity contribution in [3.05, 3.63) is 62.7 Å². The first-order valence-electron chi connectivity index (χ1n) is 11.0. The lowest BCUT2D eigenvalue weighted by molar-refractivity contribution is -0.117. The van der Waals surface area contributed by atoms with E-state index >= 15 is 0 Å². The van der Waals surface area contributed by atoms with E-state index in [0.29, 0.717) is 5.56 Å². The number of hydrogen-bond acceptors (Lipinski definition) is 5.